The summed E-state index contributed by atoms with van der Waals surface area (Å²) in [6.07, 6.45) is 106. The normalized spacial score (nSPS) is 12.7. The summed E-state index contributed by atoms with van der Waals surface area (Å²) in [5.74, 6) is -0.0178. The van der Waals surface area contributed by atoms with E-state index in [2.05, 4.69) is 67.8 Å². The molecule has 536 valence electrons. The first-order valence-electron chi connectivity index (χ1n) is 41.4. The van der Waals surface area contributed by atoms with Crippen molar-refractivity contribution in [2.45, 2.75) is 469 Å². The van der Waals surface area contributed by atoms with E-state index in [0.717, 1.165) is 57.8 Å². The van der Waals surface area contributed by atoms with E-state index in [9.17, 15) is 19.8 Å². The molecule has 0 aliphatic rings. The lowest BCUT2D eigenvalue weighted by atomic mass is 10.0. The van der Waals surface area contributed by atoms with Gasteiger partial charge in [0.25, 0.3) is 0 Å². The van der Waals surface area contributed by atoms with Crippen LogP contribution in [0.4, 0.5) is 0 Å². The highest BCUT2D eigenvalue weighted by Gasteiger charge is 2.20. The van der Waals surface area contributed by atoms with Crippen molar-refractivity contribution < 1.29 is 24.5 Å². The second-order valence-corrected chi connectivity index (χ2v) is 28.5. The van der Waals surface area contributed by atoms with Crippen LogP contribution in [0.2, 0.25) is 0 Å². The first-order valence-corrected chi connectivity index (χ1v) is 41.4. The van der Waals surface area contributed by atoms with Gasteiger partial charge < -0.3 is 20.3 Å². The number of hydrogen-bond donors (Lipinski definition) is 3. The van der Waals surface area contributed by atoms with Crippen molar-refractivity contribution in [3.8, 4) is 0 Å². The molecule has 0 aromatic heterocycles. The minimum Gasteiger partial charge on any atom is -0.466 e. The van der Waals surface area contributed by atoms with E-state index in [1.165, 1.54) is 366 Å². The second kappa shape index (κ2) is 80.3. The molecule has 0 radical (unpaired) electrons. The van der Waals surface area contributed by atoms with Gasteiger partial charge in [0.05, 0.1) is 25.4 Å². The van der Waals surface area contributed by atoms with Crippen LogP contribution in [0.5, 0.6) is 0 Å². The number of aliphatic hydroxyl groups is 2. The monoisotopic (exact) mass is 1280 g/mol. The van der Waals surface area contributed by atoms with Crippen molar-refractivity contribution >= 4 is 11.9 Å². The molecule has 0 rings (SSSR count). The van der Waals surface area contributed by atoms with Gasteiger partial charge >= 0.3 is 5.97 Å². The summed E-state index contributed by atoms with van der Waals surface area (Å²) in [4.78, 5) is 24.7. The van der Waals surface area contributed by atoms with Gasteiger partial charge in [-0.15, -0.1) is 0 Å². The van der Waals surface area contributed by atoms with Crippen molar-refractivity contribution in [1.29, 1.82) is 0 Å². The fourth-order valence-electron chi connectivity index (χ4n) is 13.1. The van der Waals surface area contributed by atoms with Crippen LogP contribution in [-0.2, 0) is 14.3 Å². The van der Waals surface area contributed by atoms with E-state index in [0.29, 0.717) is 25.9 Å². The Morgan fingerprint density at radius 1 is 0.308 bits per heavy atom. The Kier molecular flexibility index (Phi) is 78.3. The maximum absolute atomic E-state index is 12.6. The maximum atomic E-state index is 12.6. The van der Waals surface area contributed by atoms with Gasteiger partial charge in [0.15, 0.2) is 0 Å². The van der Waals surface area contributed by atoms with Gasteiger partial charge in [-0.3, -0.25) is 9.59 Å². The van der Waals surface area contributed by atoms with E-state index in [-0.39, 0.29) is 18.5 Å². The Morgan fingerprint density at radius 2 is 0.549 bits per heavy atom. The van der Waals surface area contributed by atoms with Gasteiger partial charge in [0, 0.05) is 12.8 Å². The predicted octanol–water partition coefficient (Wildman–Crippen LogP) is 27.5. The molecular formula is C85H161NO5. The van der Waals surface area contributed by atoms with E-state index >= 15 is 0 Å². The number of aliphatic hydroxyl groups excluding tert-OH is 2. The second-order valence-electron chi connectivity index (χ2n) is 28.5. The standard InChI is InChI=1S/C85H161NO5/c1-3-5-7-9-11-13-15-17-19-21-23-39-42-45-49-53-57-61-65-69-73-77-83(88)82(81-87)86-84(89)78-74-70-66-62-58-54-50-46-43-40-37-35-33-31-29-27-25-24-26-28-30-32-34-36-38-41-44-48-52-56-60-64-68-72-76-80-91-85(90)79-75-71-67-63-59-55-51-47-22-20-18-16-14-12-10-8-6-4-2/h14,16,20,22,26,28,32,34,82-83,87-88H,3-13,15,17-19,21,23-25,27,29-31,33,35-81H2,1-2H3,(H,86,89)/b16-14-,22-20-,28-26-,34-32-. The number of hydrogen-bond acceptors (Lipinski definition) is 5. The molecule has 0 aromatic rings. The number of ether oxygens (including phenoxy) is 1. The summed E-state index contributed by atoms with van der Waals surface area (Å²) in [6.45, 7) is 4.98. The Bertz CT molecular complexity index is 1520. The third-order valence-electron chi connectivity index (χ3n) is 19.4. The van der Waals surface area contributed by atoms with Gasteiger partial charge in [0.1, 0.15) is 0 Å². The number of nitrogens with one attached hydrogen (secondary N) is 1. The van der Waals surface area contributed by atoms with Crippen LogP contribution in [-0.4, -0.2) is 47.4 Å². The highest BCUT2D eigenvalue weighted by molar-refractivity contribution is 5.76. The van der Waals surface area contributed by atoms with Crippen LogP contribution in [0.15, 0.2) is 48.6 Å². The van der Waals surface area contributed by atoms with Crippen molar-refractivity contribution in [2.75, 3.05) is 13.2 Å². The average molecular weight is 1280 g/mol. The molecule has 2 atom stereocenters. The van der Waals surface area contributed by atoms with Crippen molar-refractivity contribution in [3.63, 3.8) is 0 Å². The maximum Gasteiger partial charge on any atom is 0.305 e. The highest BCUT2D eigenvalue weighted by Crippen LogP contribution is 2.20. The van der Waals surface area contributed by atoms with Gasteiger partial charge in [0.2, 0.25) is 5.91 Å². The molecule has 91 heavy (non-hydrogen) atoms. The molecule has 0 aliphatic carbocycles. The van der Waals surface area contributed by atoms with Crippen LogP contribution in [0.1, 0.15) is 457 Å². The number of unbranched alkanes of at least 4 members (excludes halogenated alkanes) is 59. The van der Waals surface area contributed by atoms with Crippen LogP contribution < -0.4 is 5.32 Å². The van der Waals surface area contributed by atoms with E-state index in [1.807, 2.05) is 0 Å². The zero-order chi connectivity index (χ0) is 65.6. The lowest BCUT2D eigenvalue weighted by Crippen LogP contribution is -2.45. The molecule has 0 heterocycles. The Hall–Kier alpha value is -2.18. The SMILES string of the molecule is CCCCCC/C=C\C/C=C\CCCCCCCCCC(=O)OCCCCCCCCCCCCC/C=C\C/C=C\CCCCCCCCCCCCCCCCCCCC(=O)NC(CO)C(O)CCCCCCCCCCCCCCCCCCCCCCC. The fourth-order valence-corrected chi connectivity index (χ4v) is 13.1. The molecule has 0 fully saturated rings. The summed E-state index contributed by atoms with van der Waals surface area (Å²) < 4.78 is 5.51. The summed E-state index contributed by atoms with van der Waals surface area (Å²) in [6, 6.07) is -0.541. The van der Waals surface area contributed by atoms with Crippen LogP contribution in [0.3, 0.4) is 0 Å². The van der Waals surface area contributed by atoms with Gasteiger partial charge in [-0.1, -0.05) is 403 Å². The van der Waals surface area contributed by atoms with Gasteiger partial charge in [-0.25, -0.2) is 0 Å². The third-order valence-corrected chi connectivity index (χ3v) is 19.4. The molecule has 3 N–H and O–H groups in total. The van der Waals surface area contributed by atoms with Gasteiger partial charge in [-0.05, 0) is 89.9 Å². The molecule has 0 bridgehead atoms. The number of rotatable bonds is 78. The molecule has 0 saturated carbocycles. The largest absolute Gasteiger partial charge is 0.466 e. The van der Waals surface area contributed by atoms with Crippen molar-refractivity contribution in [3.05, 3.63) is 48.6 Å². The Balaban J connectivity index is 3.37. The Morgan fingerprint density at radius 3 is 0.846 bits per heavy atom. The molecule has 0 saturated heterocycles. The summed E-state index contributed by atoms with van der Waals surface area (Å²) >= 11 is 0. The first kappa shape index (κ1) is 88.8. The minimum atomic E-state index is -0.664. The van der Waals surface area contributed by atoms with E-state index < -0.39 is 12.1 Å². The van der Waals surface area contributed by atoms with E-state index in [1.54, 1.807) is 0 Å². The minimum absolute atomic E-state index is 0.0100. The molecule has 0 aliphatic heterocycles. The molecule has 6 heteroatoms. The van der Waals surface area contributed by atoms with Crippen LogP contribution in [0.25, 0.3) is 0 Å². The number of esters is 1. The van der Waals surface area contributed by atoms with Crippen LogP contribution >= 0.6 is 0 Å². The Labute approximate surface area is 569 Å². The summed E-state index contributed by atoms with van der Waals surface area (Å²) in [5, 5.41) is 23.5. The topological polar surface area (TPSA) is 95.9 Å². The quantitative estimate of drug-likeness (QED) is 0.0320. The lowest BCUT2D eigenvalue weighted by Gasteiger charge is -2.22. The van der Waals surface area contributed by atoms with Crippen LogP contribution in [0, 0.1) is 0 Å². The number of amides is 1. The van der Waals surface area contributed by atoms with Crippen molar-refractivity contribution in [1.82, 2.24) is 5.32 Å². The lowest BCUT2D eigenvalue weighted by molar-refractivity contribution is -0.143. The number of carbonyl (C=O) groups excluding carboxylic acids is 2. The summed E-state index contributed by atoms with van der Waals surface area (Å²) in [5.41, 5.74) is 0. The molecule has 0 aromatic carbocycles. The smallest absolute Gasteiger partial charge is 0.305 e. The van der Waals surface area contributed by atoms with E-state index in [4.69, 9.17) is 4.74 Å². The highest BCUT2D eigenvalue weighted by atomic mass is 16.5. The number of carbonyl (C=O) groups is 2. The molecule has 6 nitrogen and oxygen atoms in total. The third kappa shape index (κ3) is 76.7. The van der Waals surface area contributed by atoms with Crippen molar-refractivity contribution in [2.24, 2.45) is 0 Å². The molecular weight excluding hydrogens is 1110 g/mol. The number of allylic oxidation sites excluding steroid dienone is 8. The average Bonchev–Trinajstić information content (AvgIpc) is 3.74. The fraction of sp³-hybridized carbons (Fsp3) is 0.882. The van der Waals surface area contributed by atoms with Gasteiger partial charge in [-0.2, -0.15) is 0 Å². The zero-order valence-corrected chi connectivity index (χ0v) is 61.6. The predicted molar refractivity (Wildman–Crippen MR) is 402 cm³/mol. The first-order chi connectivity index (χ1) is 45.0. The summed E-state index contributed by atoms with van der Waals surface area (Å²) in [7, 11) is 0. The molecule has 0 spiro atoms. The molecule has 1 amide bonds. The molecule has 2 unspecified atom stereocenters. The zero-order valence-electron chi connectivity index (χ0n) is 61.6.